The molecule has 1 aromatic carbocycles. The minimum absolute atomic E-state index is 0.101. The zero-order valence-corrected chi connectivity index (χ0v) is 16.0. The number of carbonyl (C=O) groups is 2. The number of nitrogens with zero attached hydrogens (tertiary/aromatic N) is 2. The van der Waals surface area contributed by atoms with Crippen LogP contribution in [0.2, 0.25) is 5.02 Å². The Morgan fingerprint density at radius 2 is 1.89 bits per heavy atom. The number of piperidine rings is 1. The van der Waals surface area contributed by atoms with E-state index in [1.165, 1.54) is 5.56 Å². The summed E-state index contributed by atoms with van der Waals surface area (Å²) in [5.74, 6) is 0.0943. The lowest BCUT2D eigenvalue weighted by molar-refractivity contribution is -0.132. The fourth-order valence-electron chi connectivity index (χ4n) is 3.29. The summed E-state index contributed by atoms with van der Waals surface area (Å²) in [4.78, 5) is 30.5. The van der Waals surface area contributed by atoms with Gasteiger partial charge in [-0.1, -0.05) is 23.7 Å². The van der Waals surface area contributed by atoms with Crippen LogP contribution in [0.15, 0.2) is 48.8 Å². The number of hydrogen-bond acceptors (Lipinski definition) is 3. The number of halogens is 1. The first-order valence-corrected chi connectivity index (χ1v) is 9.73. The summed E-state index contributed by atoms with van der Waals surface area (Å²) in [6, 6.07) is 11.4. The van der Waals surface area contributed by atoms with Crippen molar-refractivity contribution in [1.29, 1.82) is 0 Å². The predicted octanol–water partition coefficient (Wildman–Crippen LogP) is 3.48. The average molecular weight is 386 g/mol. The molecule has 2 aromatic rings. The molecule has 0 bridgehead atoms. The highest BCUT2D eigenvalue weighted by Gasteiger charge is 2.23. The zero-order chi connectivity index (χ0) is 19.1. The molecule has 0 spiro atoms. The number of amides is 2. The number of hydrogen-bond donors (Lipinski definition) is 1. The largest absolute Gasteiger partial charge is 0.349 e. The third kappa shape index (κ3) is 5.79. The normalized spacial score (nSPS) is 14.8. The number of likely N-dealkylation sites (tertiary alicyclic amines) is 1. The second-order valence-electron chi connectivity index (χ2n) is 6.85. The van der Waals surface area contributed by atoms with Crippen LogP contribution in [0.3, 0.4) is 0 Å². The summed E-state index contributed by atoms with van der Waals surface area (Å²) >= 11 is 5.89. The molecule has 0 atom stereocenters. The maximum absolute atomic E-state index is 12.4. The lowest BCUT2D eigenvalue weighted by atomic mass is 10.0. The summed E-state index contributed by atoms with van der Waals surface area (Å²) in [7, 11) is 0. The third-order valence-corrected chi connectivity index (χ3v) is 5.13. The standard InChI is InChI=1S/C21H24ClN3O2/c22-18-8-6-16(7-9-18)3-1-5-20(26)25-13-10-19(11-14-25)24-21(27)17-4-2-12-23-15-17/h2,4,6-9,12,15,19H,1,3,5,10-11,13-14H2,(H,24,27). The molecular formula is C21H24ClN3O2. The Hall–Kier alpha value is -2.40. The third-order valence-electron chi connectivity index (χ3n) is 4.88. The van der Waals surface area contributed by atoms with Crippen molar-refractivity contribution >= 4 is 23.4 Å². The molecule has 142 valence electrons. The predicted molar refractivity (Wildman–Crippen MR) is 106 cm³/mol. The minimum Gasteiger partial charge on any atom is -0.349 e. The minimum atomic E-state index is -0.101. The molecule has 3 rings (SSSR count). The van der Waals surface area contributed by atoms with Crippen LogP contribution < -0.4 is 5.32 Å². The fraction of sp³-hybridized carbons (Fsp3) is 0.381. The average Bonchev–Trinajstić information content (AvgIpc) is 2.70. The van der Waals surface area contributed by atoms with E-state index in [4.69, 9.17) is 11.6 Å². The van der Waals surface area contributed by atoms with E-state index in [0.717, 1.165) is 30.7 Å². The Kier molecular flexibility index (Phi) is 6.82. The second kappa shape index (κ2) is 9.51. The Bertz CT molecular complexity index is 757. The molecule has 0 aliphatic carbocycles. The van der Waals surface area contributed by atoms with Crippen LogP contribution in [0.5, 0.6) is 0 Å². The van der Waals surface area contributed by atoms with Crippen LogP contribution in [0.4, 0.5) is 0 Å². The van der Waals surface area contributed by atoms with E-state index >= 15 is 0 Å². The van der Waals surface area contributed by atoms with Crippen LogP contribution in [0.25, 0.3) is 0 Å². The molecule has 0 radical (unpaired) electrons. The van der Waals surface area contributed by atoms with Gasteiger partial charge in [0.2, 0.25) is 5.91 Å². The maximum atomic E-state index is 12.4. The first-order chi connectivity index (χ1) is 13.1. The van der Waals surface area contributed by atoms with Gasteiger partial charge >= 0.3 is 0 Å². The van der Waals surface area contributed by atoms with Gasteiger partial charge in [-0.3, -0.25) is 14.6 Å². The van der Waals surface area contributed by atoms with E-state index in [9.17, 15) is 9.59 Å². The van der Waals surface area contributed by atoms with Crippen LogP contribution in [-0.4, -0.2) is 40.8 Å². The summed E-state index contributed by atoms with van der Waals surface area (Å²) in [5.41, 5.74) is 1.77. The molecule has 6 heteroatoms. The van der Waals surface area contributed by atoms with Gasteiger partial charge in [-0.25, -0.2) is 0 Å². The molecular weight excluding hydrogens is 362 g/mol. The van der Waals surface area contributed by atoms with Crippen molar-refractivity contribution in [2.45, 2.75) is 38.1 Å². The smallest absolute Gasteiger partial charge is 0.253 e. The number of benzene rings is 1. The summed E-state index contributed by atoms with van der Waals surface area (Å²) in [5, 5.41) is 3.77. The monoisotopic (exact) mass is 385 g/mol. The van der Waals surface area contributed by atoms with E-state index in [2.05, 4.69) is 10.3 Å². The van der Waals surface area contributed by atoms with E-state index in [1.807, 2.05) is 29.2 Å². The van der Waals surface area contributed by atoms with Crippen LogP contribution in [0.1, 0.15) is 41.6 Å². The molecule has 27 heavy (non-hydrogen) atoms. The molecule has 2 amide bonds. The number of aromatic nitrogens is 1. The van der Waals surface area contributed by atoms with E-state index in [1.54, 1.807) is 24.5 Å². The first-order valence-electron chi connectivity index (χ1n) is 9.35. The van der Waals surface area contributed by atoms with Crippen LogP contribution in [-0.2, 0) is 11.2 Å². The van der Waals surface area contributed by atoms with Crippen molar-refractivity contribution in [3.63, 3.8) is 0 Å². The van der Waals surface area contributed by atoms with Gasteiger partial charge in [0.15, 0.2) is 0 Å². The van der Waals surface area contributed by atoms with E-state index in [-0.39, 0.29) is 17.9 Å². The molecule has 1 aliphatic heterocycles. The molecule has 5 nitrogen and oxygen atoms in total. The fourth-order valence-corrected chi connectivity index (χ4v) is 3.42. The van der Waals surface area contributed by atoms with Gasteiger partial charge in [-0.15, -0.1) is 0 Å². The highest BCUT2D eigenvalue weighted by molar-refractivity contribution is 6.30. The Morgan fingerprint density at radius 3 is 2.56 bits per heavy atom. The maximum Gasteiger partial charge on any atom is 0.253 e. The van der Waals surface area contributed by atoms with Crippen LogP contribution in [0, 0.1) is 0 Å². The number of rotatable bonds is 6. The summed E-state index contributed by atoms with van der Waals surface area (Å²) < 4.78 is 0. The summed E-state index contributed by atoms with van der Waals surface area (Å²) in [6.45, 7) is 1.38. The SMILES string of the molecule is O=C(NC1CCN(C(=O)CCCc2ccc(Cl)cc2)CC1)c1cccnc1. The number of carbonyl (C=O) groups excluding carboxylic acids is 2. The molecule has 1 N–H and O–H groups in total. The van der Waals surface area contributed by atoms with Crippen LogP contribution >= 0.6 is 11.6 Å². The Labute approximate surface area is 164 Å². The zero-order valence-electron chi connectivity index (χ0n) is 15.2. The van der Waals surface area contributed by atoms with Gasteiger partial charge in [-0.05, 0) is 55.5 Å². The first kappa shape index (κ1) is 19.4. The van der Waals surface area contributed by atoms with Gasteiger partial charge < -0.3 is 10.2 Å². The van der Waals surface area contributed by atoms with E-state index in [0.29, 0.717) is 25.1 Å². The molecule has 1 aromatic heterocycles. The number of aryl methyl sites for hydroxylation is 1. The van der Waals surface area contributed by atoms with Crippen molar-refractivity contribution in [3.8, 4) is 0 Å². The quantitative estimate of drug-likeness (QED) is 0.828. The van der Waals surface area contributed by atoms with Gasteiger partial charge in [0.25, 0.3) is 5.91 Å². The molecule has 0 saturated carbocycles. The van der Waals surface area contributed by atoms with Gasteiger partial charge in [0.1, 0.15) is 0 Å². The topological polar surface area (TPSA) is 62.3 Å². The van der Waals surface area contributed by atoms with E-state index < -0.39 is 0 Å². The van der Waals surface area contributed by atoms with Gasteiger partial charge in [-0.2, -0.15) is 0 Å². The van der Waals surface area contributed by atoms with Crippen molar-refractivity contribution < 1.29 is 9.59 Å². The Morgan fingerprint density at radius 1 is 1.15 bits per heavy atom. The molecule has 1 aliphatic rings. The van der Waals surface area contributed by atoms with Gasteiger partial charge in [0.05, 0.1) is 5.56 Å². The molecule has 2 heterocycles. The lowest BCUT2D eigenvalue weighted by Gasteiger charge is -2.32. The second-order valence-corrected chi connectivity index (χ2v) is 7.29. The van der Waals surface area contributed by atoms with Crippen molar-refractivity contribution in [2.75, 3.05) is 13.1 Å². The molecule has 1 saturated heterocycles. The lowest BCUT2D eigenvalue weighted by Crippen LogP contribution is -2.46. The van der Waals surface area contributed by atoms with Crippen molar-refractivity contribution in [2.24, 2.45) is 0 Å². The highest BCUT2D eigenvalue weighted by Crippen LogP contribution is 2.15. The summed E-state index contributed by atoms with van der Waals surface area (Å²) in [6.07, 6.45) is 7.04. The van der Waals surface area contributed by atoms with Crippen molar-refractivity contribution in [1.82, 2.24) is 15.2 Å². The molecule has 0 unspecified atom stereocenters. The van der Waals surface area contributed by atoms with Gasteiger partial charge in [0, 0.05) is 43.0 Å². The number of pyridine rings is 1. The Balaban J connectivity index is 1.37. The van der Waals surface area contributed by atoms with Crippen molar-refractivity contribution in [3.05, 3.63) is 64.9 Å². The molecule has 1 fully saturated rings. The highest BCUT2D eigenvalue weighted by atomic mass is 35.5. The number of nitrogens with one attached hydrogen (secondary N) is 1.